The lowest BCUT2D eigenvalue weighted by Crippen LogP contribution is -2.49. The Morgan fingerprint density at radius 3 is 2.62 bits per heavy atom. The average molecular weight is 320 g/mol. The Hall–Kier alpha value is -3.09. The third-order valence-corrected chi connectivity index (χ3v) is 4.25. The van der Waals surface area contributed by atoms with E-state index in [2.05, 4.69) is 20.5 Å². The summed E-state index contributed by atoms with van der Waals surface area (Å²) in [5.41, 5.74) is 2.92. The maximum absolute atomic E-state index is 12.4. The first-order valence-corrected chi connectivity index (χ1v) is 7.80. The normalized spacial score (nSPS) is 14.4. The van der Waals surface area contributed by atoms with Crippen molar-refractivity contribution < 1.29 is 4.79 Å². The quantitative estimate of drug-likeness (QED) is 0.722. The molecule has 1 aliphatic heterocycles. The van der Waals surface area contributed by atoms with Gasteiger partial charge in [-0.1, -0.05) is 18.2 Å². The van der Waals surface area contributed by atoms with Gasteiger partial charge in [-0.15, -0.1) is 5.10 Å². The van der Waals surface area contributed by atoms with Crippen LogP contribution in [0.3, 0.4) is 0 Å². The first kappa shape index (κ1) is 14.5. The van der Waals surface area contributed by atoms with Crippen LogP contribution in [0.15, 0.2) is 55.0 Å². The molecule has 0 unspecified atom stereocenters. The standard InChI is InChI=1S/C17H16N6O/c24-17(22-10-14(11-22)16-3-1-2-8-18-16)9-13-4-6-15(7-5-13)23-12-19-20-21-23/h1-8,12,14H,9-11H2. The van der Waals surface area contributed by atoms with Gasteiger partial charge in [-0.2, -0.15) is 0 Å². The van der Waals surface area contributed by atoms with Crippen LogP contribution in [0.2, 0.25) is 0 Å². The minimum Gasteiger partial charge on any atom is -0.341 e. The molecular formula is C17H16N6O. The number of aromatic nitrogens is 5. The molecule has 0 spiro atoms. The molecule has 2 aromatic heterocycles. The van der Waals surface area contributed by atoms with Crippen molar-refractivity contribution in [2.45, 2.75) is 12.3 Å². The molecule has 1 saturated heterocycles. The summed E-state index contributed by atoms with van der Waals surface area (Å²) in [5, 5.41) is 11.1. The van der Waals surface area contributed by atoms with Crippen molar-refractivity contribution in [2.75, 3.05) is 13.1 Å². The molecule has 1 aromatic carbocycles. The Morgan fingerprint density at radius 2 is 1.96 bits per heavy atom. The fourth-order valence-electron chi connectivity index (χ4n) is 2.82. The van der Waals surface area contributed by atoms with Gasteiger partial charge in [0.05, 0.1) is 12.1 Å². The van der Waals surface area contributed by atoms with E-state index in [4.69, 9.17) is 0 Å². The van der Waals surface area contributed by atoms with Crippen molar-refractivity contribution in [3.8, 4) is 5.69 Å². The van der Waals surface area contributed by atoms with Crippen molar-refractivity contribution in [1.29, 1.82) is 0 Å². The molecule has 3 aromatic rings. The number of likely N-dealkylation sites (tertiary alicyclic amines) is 1. The SMILES string of the molecule is O=C(Cc1ccc(-n2cnnn2)cc1)N1CC(c2ccccn2)C1. The molecule has 0 atom stereocenters. The number of rotatable bonds is 4. The summed E-state index contributed by atoms with van der Waals surface area (Å²) in [6.45, 7) is 1.50. The van der Waals surface area contributed by atoms with Gasteiger partial charge in [-0.05, 0) is 40.3 Å². The van der Waals surface area contributed by atoms with Crippen molar-refractivity contribution >= 4 is 5.91 Å². The van der Waals surface area contributed by atoms with E-state index in [-0.39, 0.29) is 5.91 Å². The van der Waals surface area contributed by atoms with Crippen LogP contribution in [-0.2, 0) is 11.2 Å². The Balaban J connectivity index is 1.34. The maximum Gasteiger partial charge on any atom is 0.227 e. The zero-order chi connectivity index (χ0) is 16.4. The molecule has 0 radical (unpaired) electrons. The van der Waals surface area contributed by atoms with Crippen LogP contribution in [0.1, 0.15) is 17.2 Å². The fourth-order valence-corrected chi connectivity index (χ4v) is 2.82. The minimum absolute atomic E-state index is 0.150. The van der Waals surface area contributed by atoms with Crippen LogP contribution in [0.4, 0.5) is 0 Å². The molecule has 7 heteroatoms. The summed E-state index contributed by atoms with van der Waals surface area (Å²) >= 11 is 0. The molecule has 1 aliphatic rings. The van der Waals surface area contributed by atoms with Gasteiger partial charge >= 0.3 is 0 Å². The molecule has 7 nitrogen and oxygen atoms in total. The number of amides is 1. The highest BCUT2D eigenvalue weighted by Crippen LogP contribution is 2.25. The van der Waals surface area contributed by atoms with Gasteiger partial charge in [-0.25, -0.2) is 4.68 Å². The Bertz CT molecular complexity index is 810. The van der Waals surface area contributed by atoms with Gasteiger partial charge in [-0.3, -0.25) is 9.78 Å². The highest BCUT2D eigenvalue weighted by atomic mass is 16.2. The number of pyridine rings is 1. The average Bonchev–Trinajstić information content (AvgIpc) is 3.10. The third kappa shape index (κ3) is 2.88. The Kier molecular flexibility index (Phi) is 3.74. The number of carbonyl (C=O) groups excluding carboxylic acids is 1. The number of hydrogen-bond acceptors (Lipinski definition) is 5. The first-order valence-electron chi connectivity index (χ1n) is 7.80. The van der Waals surface area contributed by atoms with Crippen molar-refractivity contribution in [2.24, 2.45) is 0 Å². The number of benzene rings is 1. The molecule has 4 rings (SSSR count). The highest BCUT2D eigenvalue weighted by molar-refractivity contribution is 5.79. The van der Waals surface area contributed by atoms with Crippen LogP contribution in [-0.4, -0.2) is 49.1 Å². The van der Waals surface area contributed by atoms with Crippen molar-refractivity contribution in [3.63, 3.8) is 0 Å². The van der Waals surface area contributed by atoms with E-state index in [1.54, 1.807) is 10.9 Å². The van der Waals surface area contributed by atoms with E-state index >= 15 is 0 Å². The summed E-state index contributed by atoms with van der Waals surface area (Å²) in [6.07, 6.45) is 3.74. The predicted molar refractivity (Wildman–Crippen MR) is 86.4 cm³/mol. The van der Waals surface area contributed by atoms with E-state index in [1.807, 2.05) is 47.4 Å². The van der Waals surface area contributed by atoms with Gasteiger partial charge in [0, 0.05) is 30.9 Å². The molecule has 0 aliphatic carbocycles. The van der Waals surface area contributed by atoms with Crippen molar-refractivity contribution in [1.82, 2.24) is 30.1 Å². The smallest absolute Gasteiger partial charge is 0.227 e. The molecular weight excluding hydrogens is 304 g/mol. The lowest BCUT2D eigenvalue weighted by molar-refractivity contribution is -0.134. The van der Waals surface area contributed by atoms with Gasteiger partial charge in [0.1, 0.15) is 6.33 Å². The molecule has 0 bridgehead atoms. The largest absolute Gasteiger partial charge is 0.341 e. The lowest BCUT2D eigenvalue weighted by atomic mass is 9.95. The van der Waals surface area contributed by atoms with Gasteiger partial charge < -0.3 is 4.90 Å². The first-order chi connectivity index (χ1) is 11.8. The van der Waals surface area contributed by atoms with Crippen LogP contribution in [0, 0.1) is 0 Å². The summed E-state index contributed by atoms with van der Waals surface area (Å²) in [7, 11) is 0. The van der Waals surface area contributed by atoms with Gasteiger partial charge in [0.25, 0.3) is 0 Å². The topological polar surface area (TPSA) is 76.8 Å². The van der Waals surface area contributed by atoms with E-state index in [0.29, 0.717) is 12.3 Å². The Labute approximate surface area is 138 Å². The number of nitrogens with zero attached hydrogens (tertiary/aromatic N) is 6. The maximum atomic E-state index is 12.4. The minimum atomic E-state index is 0.150. The summed E-state index contributed by atoms with van der Waals surface area (Å²) < 4.78 is 1.58. The zero-order valence-electron chi connectivity index (χ0n) is 13.0. The van der Waals surface area contributed by atoms with E-state index in [1.165, 1.54) is 6.33 Å². The third-order valence-electron chi connectivity index (χ3n) is 4.25. The zero-order valence-corrected chi connectivity index (χ0v) is 13.0. The second-order valence-corrected chi connectivity index (χ2v) is 5.85. The monoisotopic (exact) mass is 320 g/mol. The van der Waals surface area contributed by atoms with Crippen LogP contribution >= 0.6 is 0 Å². The van der Waals surface area contributed by atoms with Crippen LogP contribution in [0.25, 0.3) is 5.69 Å². The summed E-state index contributed by atoms with van der Waals surface area (Å²) in [4.78, 5) is 18.6. The van der Waals surface area contributed by atoms with Gasteiger partial charge in [0.2, 0.25) is 5.91 Å². The summed E-state index contributed by atoms with van der Waals surface area (Å²) in [6, 6.07) is 13.6. The predicted octanol–water partition coefficient (Wildman–Crippen LogP) is 1.23. The highest BCUT2D eigenvalue weighted by Gasteiger charge is 2.32. The number of tetrazole rings is 1. The Morgan fingerprint density at radius 1 is 1.12 bits per heavy atom. The molecule has 24 heavy (non-hydrogen) atoms. The van der Waals surface area contributed by atoms with E-state index in [0.717, 1.165) is 30.0 Å². The molecule has 0 saturated carbocycles. The molecule has 0 N–H and O–H groups in total. The van der Waals surface area contributed by atoms with Crippen molar-refractivity contribution in [3.05, 3.63) is 66.2 Å². The second kappa shape index (κ2) is 6.19. The van der Waals surface area contributed by atoms with Crippen LogP contribution < -0.4 is 0 Å². The number of carbonyl (C=O) groups is 1. The molecule has 1 fully saturated rings. The second-order valence-electron chi connectivity index (χ2n) is 5.85. The van der Waals surface area contributed by atoms with E-state index < -0.39 is 0 Å². The van der Waals surface area contributed by atoms with E-state index in [9.17, 15) is 4.79 Å². The van der Waals surface area contributed by atoms with Crippen LogP contribution in [0.5, 0.6) is 0 Å². The lowest BCUT2D eigenvalue weighted by Gasteiger charge is -2.39. The molecule has 3 heterocycles. The number of hydrogen-bond donors (Lipinski definition) is 0. The fraction of sp³-hybridized carbons (Fsp3) is 0.235. The summed E-state index contributed by atoms with van der Waals surface area (Å²) in [5.74, 6) is 0.509. The van der Waals surface area contributed by atoms with Gasteiger partial charge in [0.15, 0.2) is 0 Å². The molecule has 1 amide bonds. The molecule has 120 valence electrons.